The third-order valence-corrected chi connectivity index (χ3v) is 14.7. The van der Waals surface area contributed by atoms with Crippen molar-refractivity contribution in [1.29, 1.82) is 0 Å². The summed E-state index contributed by atoms with van der Waals surface area (Å²) in [5, 5.41) is 5.20. The molecule has 0 aromatic heterocycles. The maximum Gasteiger partial charge on any atom is 0.0210 e. The van der Waals surface area contributed by atoms with Crippen LogP contribution >= 0.6 is 0 Å². The second-order valence-corrected chi connectivity index (χ2v) is 20.5. The van der Waals surface area contributed by atoms with Crippen LogP contribution in [0.25, 0.3) is 77.2 Å². The van der Waals surface area contributed by atoms with Crippen molar-refractivity contribution in [3.63, 3.8) is 0 Å². The number of benzene rings is 8. The van der Waals surface area contributed by atoms with E-state index in [2.05, 4.69) is 215 Å². The quantitative estimate of drug-likeness (QED) is 0.163. The van der Waals surface area contributed by atoms with Gasteiger partial charge in [-0.05, 0) is 171 Å². The van der Waals surface area contributed by atoms with Crippen molar-refractivity contribution in [2.24, 2.45) is 0 Å². The smallest absolute Gasteiger partial charge is 0.0210 e. The first-order valence-corrected chi connectivity index (χ1v) is 22.3. The van der Waals surface area contributed by atoms with Crippen LogP contribution in [0.1, 0.15) is 115 Å². The predicted molar refractivity (Wildman–Crippen MR) is 260 cm³/mol. The van der Waals surface area contributed by atoms with E-state index in [-0.39, 0.29) is 21.7 Å². The molecule has 0 aliphatic heterocycles. The topological polar surface area (TPSA) is 0 Å². The Morgan fingerprint density at radius 1 is 0.333 bits per heavy atom. The van der Waals surface area contributed by atoms with Crippen LogP contribution in [0.5, 0.6) is 0 Å². The highest BCUT2D eigenvalue weighted by atomic mass is 14.4. The van der Waals surface area contributed by atoms with Crippen LogP contribution in [-0.4, -0.2) is 0 Å². The van der Waals surface area contributed by atoms with Crippen molar-refractivity contribution in [3.05, 3.63) is 179 Å². The highest BCUT2D eigenvalue weighted by Gasteiger charge is 2.41. The van der Waals surface area contributed by atoms with E-state index in [1.165, 1.54) is 111 Å². The Bertz CT molecular complexity index is 3040. The van der Waals surface area contributed by atoms with Gasteiger partial charge in [0.15, 0.2) is 0 Å². The van der Waals surface area contributed by atoms with Crippen LogP contribution in [0.2, 0.25) is 0 Å². The van der Waals surface area contributed by atoms with Crippen LogP contribution in [0.15, 0.2) is 146 Å². The second kappa shape index (κ2) is 13.4. The summed E-state index contributed by atoms with van der Waals surface area (Å²) in [6, 6.07) is 56.8. The molecule has 0 heterocycles. The number of hydrogen-bond donors (Lipinski definition) is 0. The zero-order valence-electron chi connectivity index (χ0n) is 37.3. The summed E-state index contributed by atoms with van der Waals surface area (Å²) in [6.45, 7) is 23.3. The van der Waals surface area contributed by atoms with Crippen molar-refractivity contribution in [3.8, 4) is 55.6 Å². The van der Waals surface area contributed by atoms with Crippen molar-refractivity contribution >= 4 is 21.5 Å². The summed E-state index contributed by atoms with van der Waals surface area (Å²) in [7, 11) is 0. The molecule has 0 saturated heterocycles. The first-order valence-electron chi connectivity index (χ1n) is 22.3. The molecular weight excluding hydrogens is 721 g/mol. The molecule has 0 bridgehead atoms. The molecule has 60 heavy (non-hydrogen) atoms. The molecule has 0 heteroatoms. The van der Waals surface area contributed by atoms with Gasteiger partial charge in [0.2, 0.25) is 0 Å². The highest BCUT2D eigenvalue weighted by Crippen LogP contribution is 2.55. The summed E-state index contributed by atoms with van der Waals surface area (Å²) in [6.07, 6.45) is 2.13. The van der Waals surface area contributed by atoms with Crippen molar-refractivity contribution in [1.82, 2.24) is 0 Å². The predicted octanol–water partition coefficient (Wildman–Crippen LogP) is 17.0. The van der Waals surface area contributed by atoms with Gasteiger partial charge >= 0.3 is 0 Å². The van der Waals surface area contributed by atoms with Crippen LogP contribution in [0.3, 0.4) is 0 Å². The molecule has 0 nitrogen and oxygen atoms in total. The maximum absolute atomic E-state index is 2.53. The molecule has 2 aliphatic carbocycles. The van der Waals surface area contributed by atoms with Gasteiger partial charge in [-0.25, -0.2) is 0 Å². The Balaban J connectivity index is 0.977. The Labute approximate surface area is 358 Å². The lowest BCUT2D eigenvalue weighted by Gasteiger charge is -2.30. The van der Waals surface area contributed by atoms with Gasteiger partial charge in [-0.15, -0.1) is 0 Å². The number of rotatable bonds is 5. The van der Waals surface area contributed by atoms with Gasteiger partial charge in [0.25, 0.3) is 0 Å². The van der Waals surface area contributed by atoms with Gasteiger partial charge in [-0.2, -0.15) is 0 Å². The van der Waals surface area contributed by atoms with Crippen molar-refractivity contribution in [2.75, 3.05) is 0 Å². The standard InChI is InChI=1S/C60H58/c1-11-60(12-2)55-35-45(38-14-16-42-32-48(58(6,7)8)24-18-40(42)30-38)21-27-51(55)52-28-22-46(36-56(52)60)44-20-26-50-49-25-19-43(33-53(49)59(9,10)54(50)34-44)37-13-15-41-31-47(57(3,4)5)23-17-39(41)29-37/h13-36H,11-12H2,1-10H3. The Morgan fingerprint density at radius 3 is 0.967 bits per heavy atom. The third kappa shape index (κ3) is 5.93. The normalized spacial score (nSPS) is 14.9. The van der Waals surface area contributed by atoms with Crippen molar-refractivity contribution in [2.45, 2.75) is 104 Å². The summed E-state index contributed by atoms with van der Waals surface area (Å²) in [4.78, 5) is 0. The summed E-state index contributed by atoms with van der Waals surface area (Å²) in [5.74, 6) is 0. The van der Waals surface area contributed by atoms with E-state index in [0.717, 1.165) is 12.8 Å². The van der Waals surface area contributed by atoms with Gasteiger partial charge in [-0.1, -0.05) is 178 Å². The lowest BCUT2D eigenvalue weighted by Crippen LogP contribution is -2.23. The van der Waals surface area contributed by atoms with E-state index in [1.54, 1.807) is 0 Å². The summed E-state index contributed by atoms with van der Waals surface area (Å²) < 4.78 is 0. The number of fused-ring (bicyclic) bond motifs is 8. The molecule has 0 amide bonds. The minimum Gasteiger partial charge on any atom is -0.0642 e. The fourth-order valence-corrected chi connectivity index (χ4v) is 10.7. The van der Waals surface area contributed by atoms with E-state index < -0.39 is 0 Å². The fraction of sp³-hybridized carbons (Fsp3) is 0.267. The molecule has 0 unspecified atom stereocenters. The van der Waals surface area contributed by atoms with Crippen LogP contribution in [0.4, 0.5) is 0 Å². The molecule has 0 saturated carbocycles. The van der Waals surface area contributed by atoms with Gasteiger partial charge < -0.3 is 0 Å². The SMILES string of the molecule is CCC1(CC)c2cc(-c3ccc4c(c3)C(C)(C)c3cc(-c5ccc6cc(C(C)(C)C)ccc6c5)ccc3-4)ccc2-c2ccc(-c3ccc4cc(C(C)(C)C)ccc4c3)cc21. The fourth-order valence-electron chi connectivity index (χ4n) is 10.7. The second-order valence-electron chi connectivity index (χ2n) is 20.5. The number of hydrogen-bond acceptors (Lipinski definition) is 0. The van der Waals surface area contributed by atoms with Gasteiger partial charge in [0.1, 0.15) is 0 Å². The maximum atomic E-state index is 2.53. The van der Waals surface area contributed by atoms with Crippen LogP contribution in [0, 0.1) is 0 Å². The lowest BCUT2D eigenvalue weighted by atomic mass is 9.73. The zero-order valence-corrected chi connectivity index (χ0v) is 37.3. The molecule has 0 radical (unpaired) electrons. The highest BCUT2D eigenvalue weighted by molar-refractivity contribution is 5.92. The minimum atomic E-state index is -0.118. The third-order valence-electron chi connectivity index (χ3n) is 14.7. The Morgan fingerprint density at radius 2 is 0.617 bits per heavy atom. The van der Waals surface area contributed by atoms with Gasteiger partial charge in [0.05, 0.1) is 0 Å². The minimum absolute atomic E-state index is 0.0323. The van der Waals surface area contributed by atoms with E-state index in [1.807, 2.05) is 0 Å². The largest absolute Gasteiger partial charge is 0.0642 e. The van der Waals surface area contributed by atoms with E-state index in [9.17, 15) is 0 Å². The molecule has 0 atom stereocenters. The van der Waals surface area contributed by atoms with Crippen LogP contribution < -0.4 is 0 Å². The average molecular weight is 779 g/mol. The molecule has 2 aliphatic rings. The van der Waals surface area contributed by atoms with E-state index in [4.69, 9.17) is 0 Å². The molecule has 10 rings (SSSR count). The Hall–Kier alpha value is -5.72. The summed E-state index contributed by atoms with van der Waals surface area (Å²) >= 11 is 0. The molecule has 298 valence electrons. The molecule has 0 N–H and O–H groups in total. The first-order chi connectivity index (χ1) is 28.6. The monoisotopic (exact) mass is 778 g/mol. The van der Waals surface area contributed by atoms with Gasteiger partial charge in [-0.3, -0.25) is 0 Å². The van der Waals surface area contributed by atoms with E-state index >= 15 is 0 Å². The molecule has 0 fully saturated rings. The summed E-state index contributed by atoms with van der Waals surface area (Å²) in [5.41, 5.74) is 21.9. The molecule has 8 aromatic carbocycles. The van der Waals surface area contributed by atoms with E-state index in [0.29, 0.717) is 0 Å². The molecular formula is C60H58. The zero-order chi connectivity index (χ0) is 41.9. The molecule has 8 aromatic rings. The van der Waals surface area contributed by atoms with Crippen molar-refractivity contribution < 1.29 is 0 Å². The van der Waals surface area contributed by atoms with Gasteiger partial charge in [0, 0.05) is 10.8 Å². The first kappa shape index (κ1) is 38.5. The van der Waals surface area contributed by atoms with Crippen LogP contribution in [-0.2, 0) is 21.7 Å². The molecule has 0 spiro atoms. The lowest BCUT2D eigenvalue weighted by molar-refractivity contribution is 0.491. The Kier molecular flexibility index (Phi) is 8.59. The average Bonchev–Trinajstić information content (AvgIpc) is 3.65.